The second-order valence-electron chi connectivity index (χ2n) is 6.94. The molecule has 0 spiro atoms. The Morgan fingerprint density at radius 2 is 1.70 bits per heavy atom. The number of benzene rings is 1. The molecule has 1 amide bonds. The van der Waals surface area contributed by atoms with Gasteiger partial charge in [0.1, 0.15) is 12.2 Å². The Bertz CT molecular complexity index is 778. The number of carbonyl (C=O) groups is 1. The average Bonchev–Trinajstić information content (AvgIpc) is 2.69. The van der Waals surface area contributed by atoms with Crippen molar-refractivity contribution in [3.05, 3.63) is 42.7 Å². The lowest BCUT2D eigenvalue weighted by Gasteiger charge is -2.33. The molecule has 0 unspecified atom stereocenters. The van der Waals surface area contributed by atoms with E-state index in [0.29, 0.717) is 17.5 Å². The maximum atomic E-state index is 12.7. The van der Waals surface area contributed by atoms with Gasteiger partial charge >= 0.3 is 6.01 Å². The first kappa shape index (κ1) is 17.6. The topological polar surface area (TPSA) is 82.6 Å². The van der Waals surface area contributed by atoms with Crippen molar-refractivity contribution < 1.29 is 19.0 Å². The largest absolute Gasteiger partial charge is 0.482 e. The van der Waals surface area contributed by atoms with Gasteiger partial charge in [-0.3, -0.25) is 4.79 Å². The number of para-hydroxylation sites is 2. The van der Waals surface area contributed by atoms with Crippen LogP contribution < -0.4 is 19.5 Å². The van der Waals surface area contributed by atoms with Crippen molar-refractivity contribution in [2.45, 2.75) is 57.0 Å². The van der Waals surface area contributed by atoms with Gasteiger partial charge in [-0.05, 0) is 50.8 Å². The summed E-state index contributed by atoms with van der Waals surface area (Å²) in [6.45, 7) is 1.85. The number of amides is 1. The minimum atomic E-state index is -0.647. The fraction of sp³-hybridized carbons (Fsp3) is 0.450. The summed E-state index contributed by atoms with van der Waals surface area (Å²) < 4.78 is 17.5. The molecule has 2 heterocycles. The second kappa shape index (κ2) is 7.82. The van der Waals surface area contributed by atoms with Crippen molar-refractivity contribution >= 4 is 5.91 Å². The van der Waals surface area contributed by atoms with Gasteiger partial charge in [-0.2, -0.15) is 0 Å². The lowest BCUT2D eigenvalue weighted by Crippen LogP contribution is -2.52. The van der Waals surface area contributed by atoms with Crippen LogP contribution >= 0.6 is 0 Å². The van der Waals surface area contributed by atoms with Crippen LogP contribution in [0.2, 0.25) is 0 Å². The van der Waals surface area contributed by atoms with E-state index in [1.807, 2.05) is 31.2 Å². The highest BCUT2D eigenvalue weighted by molar-refractivity contribution is 5.82. The van der Waals surface area contributed by atoms with Crippen LogP contribution in [0.15, 0.2) is 42.7 Å². The standard InChI is InChI=1S/C20H23N3O4/c1-13-18(27-17-6-3-2-5-16(17)25-13)19(24)23-14-7-9-15(10-8-14)26-20-21-11-4-12-22-20/h2-6,11-15,18H,7-10H2,1H3,(H,23,24)/t13-,14?,15?,18+/m0/s1. The van der Waals surface area contributed by atoms with Crippen LogP contribution in [0.3, 0.4) is 0 Å². The first-order valence-corrected chi connectivity index (χ1v) is 9.35. The normalized spacial score (nSPS) is 26.9. The molecule has 2 aliphatic rings. The molecule has 0 radical (unpaired) electrons. The first-order valence-electron chi connectivity index (χ1n) is 9.35. The van der Waals surface area contributed by atoms with Crippen molar-refractivity contribution in [2.75, 3.05) is 0 Å². The van der Waals surface area contributed by atoms with E-state index in [0.717, 1.165) is 25.7 Å². The number of hydrogen-bond donors (Lipinski definition) is 1. The predicted octanol–water partition coefficient (Wildman–Crippen LogP) is 2.51. The van der Waals surface area contributed by atoms with Crippen LogP contribution in [0.1, 0.15) is 32.6 Å². The molecule has 1 aromatic carbocycles. The zero-order valence-corrected chi connectivity index (χ0v) is 15.2. The molecule has 2 aromatic rings. The molecule has 2 atom stereocenters. The molecular formula is C20H23N3O4. The number of carbonyl (C=O) groups excluding carboxylic acids is 1. The minimum absolute atomic E-state index is 0.0839. The van der Waals surface area contributed by atoms with Crippen molar-refractivity contribution in [1.29, 1.82) is 0 Å². The Morgan fingerprint density at radius 1 is 1.04 bits per heavy atom. The van der Waals surface area contributed by atoms with E-state index in [-0.39, 0.29) is 24.2 Å². The Kier molecular flexibility index (Phi) is 5.09. The molecule has 7 nitrogen and oxygen atoms in total. The van der Waals surface area contributed by atoms with E-state index >= 15 is 0 Å². The number of ether oxygens (including phenoxy) is 3. The molecule has 1 aromatic heterocycles. The van der Waals surface area contributed by atoms with E-state index in [1.165, 1.54) is 0 Å². The third-order valence-corrected chi connectivity index (χ3v) is 4.94. The first-order chi connectivity index (χ1) is 13.2. The minimum Gasteiger partial charge on any atom is -0.482 e. The van der Waals surface area contributed by atoms with Crippen molar-refractivity contribution in [3.8, 4) is 17.5 Å². The van der Waals surface area contributed by atoms with Crippen molar-refractivity contribution in [1.82, 2.24) is 15.3 Å². The second-order valence-corrected chi connectivity index (χ2v) is 6.94. The Labute approximate surface area is 158 Å². The molecule has 1 saturated carbocycles. The Balaban J connectivity index is 1.28. The van der Waals surface area contributed by atoms with Gasteiger partial charge in [0.15, 0.2) is 11.5 Å². The molecular weight excluding hydrogens is 346 g/mol. The summed E-state index contributed by atoms with van der Waals surface area (Å²) in [5.41, 5.74) is 0. The summed E-state index contributed by atoms with van der Waals surface area (Å²) in [6, 6.07) is 9.69. The van der Waals surface area contributed by atoms with Gasteiger partial charge in [-0.25, -0.2) is 9.97 Å². The summed E-state index contributed by atoms with van der Waals surface area (Å²) in [5.74, 6) is 1.15. The van der Waals surface area contributed by atoms with E-state index in [2.05, 4.69) is 15.3 Å². The highest BCUT2D eigenvalue weighted by atomic mass is 16.6. The number of rotatable bonds is 4. The van der Waals surface area contributed by atoms with Crippen molar-refractivity contribution in [3.63, 3.8) is 0 Å². The molecule has 1 aliphatic carbocycles. The summed E-state index contributed by atoms with van der Waals surface area (Å²) in [6.07, 6.45) is 5.83. The monoisotopic (exact) mass is 369 g/mol. The van der Waals surface area contributed by atoms with Gasteiger partial charge in [0.05, 0.1) is 0 Å². The van der Waals surface area contributed by atoms with E-state index in [4.69, 9.17) is 14.2 Å². The van der Waals surface area contributed by atoms with Gasteiger partial charge in [0.25, 0.3) is 5.91 Å². The zero-order valence-electron chi connectivity index (χ0n) is 15.2. The van der Waals surface area contributed by atoms with Crippen LogP contribution in [-0.2, 0) is 4.79 Å². The maximum absolute atomic E-state index is 12.7. The van der Waals surface area contributed by atoms with E-state index < -0.39 is 6.10 Å². The van der Waals surface area contributed by atoms with Crippen LogP contribution in [0.25, 0.3) is 0 Å². The van der Waals surface area contributed by atoms with Gasteiger partial charge < -0.3 is 19.5 Å². The van der Waals surface area contributed by atoms with Gasteiger partial charge in [0, 0.05) is 18.4 Å². The van der Waals surface area contributed by atoms with Gasteiger partial charge in [0.2, 0.25) is 6.10 Å². The Hall–Kier alpha value is -2.83. The molecule has 1 fully saturated rings. The quantitative estimate of drug-likeness (QED) is 0.892. The molecule has 1 N–H and O–H groups in total. The average molecular weight is 369 g/mol. The van der Waals surface area contributed by atoms with Gasteiger partial charge in [-0.1, -0.05) is 12.1 Å². The highest BCUT2D eigenvalue weighted by Crippen LogP contribution is 2.33. The third-order valence-electron chi connectivity index (χ3n) is 4.94. The molecule has 1 aliphatic heterocycles. The number of fused-ring (bicyclic) bond motifs is 1. The summed E-state index contributed by atoms with van der Waals surface area (Å²) in [5, 5.41) is 3.10. The fourth-order valence-electron chi connectivity index (χ4n) is 3.51. The summed E-state index contributed by atoms with van der Waals surface area (Å²) in [4.78, 5) is 20.9. The van der Waals surface area contributed by atoms with E-state index in [1.54, 1.807) is 18.5 Å². The molecule has 27 heavy (non-hydrogen) atoms. The number of nitrogens with zero attached hydrogens (tertiary/aromatic N) is 2. The van der Waals surface area contributed by atoms with E-state index in [9.17, 15) is 4.79 Å². The fourth-order valence-corrected chi connectivity index (χ4v) is 3.51. The Morgan fingerprint density at radius 3 is 2.41 bits per heavy atom. The number of aromatic nitrogens is 2. The molecule has 142 valence electrons. The van der Waals surface area contributed by atoms with Crippen LogP contribution in [0, 0.1) is 0 Å². The number of nitrogens with one attached hydrogen (secondary N) is 1. The van der Waals surface area contributed by atoms with Crippen LogP contribution in [-0.4, -0.2) is 40.2 Å². The molecule has 0 bridgehead atoms. The predicted molar refractivity (Wildman–Crippen MR) is 97.8 cm³/mol. The van der Waals surface area contributed by atoms with Crippen LogP contribution in [0.4, 0.5) is 0 Å². The zero-order chi connectivity index (χ0) is 18.6. The lowest BCUT2D eigenvalue weighted by molar-refractivity contribution is -0.134. The van der Waals surface area contributed by atoms with Crippen LogP contribution in [0.5, 0.6) is 17.5 Å². The summed E-state index contributed by atoms with van der Waals surface area (Å²) in [7, 11) is 0. The molecule has 0 saturated heterocycles. The van der Waals surface area contributed by atoms with Gasteiger partial charge in [-0.15, -0.1) is 0 Å². The molecule has 7 heteroatoms. The lowest BCUT2D eigenvalue weighted by atomic mass is 9.92. The van der Waals surface area contributed by atoms with Crippen molar-refractivity contribution in [2.24, 2.45) is 0 Å². The smallest absolute Gasteiger partial charge is 0.316 e. The number of hydrogen-bond acceptors (Lipinski definition) is 6. The highest BCUT2D eigenvalue weighted by Gasteiger charge is 2.35. The molecule has 4 rings (SSSR count). The third kappa shape index (κ3) is 4.13. The summed E-state index contributed by atoms with van der Waals surface area (Å²) >= 11 is 0. The maximum Gasteiger partial charge on any atom is 0.316 e. The SMILES string of the molecule is C[C@@H]1Oc2ccccc2O[C@H]1C(=O)NC1CCC(Oc2ncccn2)CC1.